The summed E-state index contributed by atoms with van der Waals surface area (Å²) in [6.45, 7) is 1.77. The van der Waals surface area contributed by atoms with Crippen LogP contribution in [0.3, 0.4) is 0 Å². The molecule has 2 rings (SSSR count). The third kappa shape index (κ3) is 2.11. The Bertz CT molecular complexity index is 467. The van der Waals surface area contributed by atoms with Gasteiger partial charge in [-0.3, -0.25) is 0 Å². The molecule has 0 amide bonds. The van der Waals surface area contributed by atoms with Crippen molar-refractivity contribution in [1.82, 2.24) is 15.0 Å². The van der Waals surface area contributed by atoms with Crippen molar-refractivity contribution in [1.29, 1.82) is 0 Å². The minimum absolute atomic E-state index is 0.307. The third-order valence-electron chi connectivity index (χ3n) is 2.34. The zero-order chi connectivity index (χ0) is 10.8. The van der Waals surface area contributed by atoms with E-state index in [1.165, 1.54) is 6.33 Å². The van der Waals surface area contributed by atoms with Gasteiger partial charge in [-0.15, -0.1) is 0 Å². The maximum absolute atomic E-state index is 9.22. The summed E-state index contributed by atoms with van der Waals surface area (Å²) in [7, 11) is 0. The summed E-state index contributed by atoms with van der Waals surface area (Å²) in [6, 6.07) is 0. The molecule has 0 aromatic carbocycles. The van der Waals surface area contributed by atoms with Crippen LogP contribution in [-0.4, -0.2) is 26.2 Å². The zero-order valence-electron chi connectivity index (χ0n) is 8.37. The Balaban J connectivity index is 2.35. The van der Waals surface area contributed by atoms with Crippen LogP contribution < -0.4 is 0 Å². The average molecular weight is 226 g/mol. The summed E-state index contributed by atoms with van der Waals surface area (Å²) in [5, 5.41) is 10.5. The number of nitrogens with zero attached hydrogens (tertiary/aromatic N) is 2. The number of rotatable bonds is 3. The molecule has 2 aromatic rings. The van der Waals surface area contributed by atoms with Crippen LogP contribution in [0, 0.1) is 0 Å². The highest BCUT2D eigenvalue weighted by molar-refractivity contribution is 6.34. The fourth-order valence-electron chi connectivity index (χ4n) is 1.55. The van der Waals surface area contributed by atoms with Crippen LogP contribution in [0.1, 0.15) is 18.9 Å². The molecule has 4 nitrogen and oxygen atoms in total. The molecule has 5 heteroatoms. The fourth-order valence-corrected chi connectivity index (χ4v) is 1.80. The summed E-state index contributed by atoms with van der Waals surface area (Å²) in [5.74, 6) is 0. The third-order valence-corrected chi connectivity index (χ3v) is 2.62. The molecule has 2 aromatic heterocycles. The number of fused-ring (bicyclic) bond motifs is 1. The summed E-state index contributed by atoms with van der Waals surface area (Å²) < 4.78 is 0. The number of hydrogen-bond acceptors (Lipinski definition) is 3. The molecule has 2 N–H and O–H groups in total. The second-order valence-electron chi connectivity index (χ2n) is 3.59. The Morgan fingerprint density at radius 3 is 3.07 bits per heavy atom. The van der Waals surface area contributed by atoms with E-state index in [-0.39, 0.29) is 6.10 Å². The van der Waals surface area contributed by atoms with Crippen molar-refractivity contribution in [3.05, 3.63) is 23.2 Å². The van der Waals surface area contributed by atoms with Crippen molar-refractivity contribution in [3.63, 3.8) is 0 Å². The normalized spacial score (nSPS) is 13.3. The van der Waals surface area contributed by atoms with E-state index in [2.05, 4.69) is 15.0 Å². The second-order valence-corrected chi connectivity index (χ2v) is 3.95. The van der Waals surface area contributed by atoms with E-state index in [1.807, 2.05) is 6.20 Å². The quantitative estimate of drug-likeness (QED) is 0.785. The molecule has 0 saturated heterocycles. The molecule has 1 atom stereocenters. The smallest absolute Gasteiger partial charge is 0.142 e. The predicted octanol–water partition coefficient (Wildman–Crippen LogP) is 1.92. The highest BCUT2D eigenvalue weighted by atomic mass is 35.5. The number of H-pyrrole nitrogens is 1. The lowest BCUT2D eigenvalue weighted by atomic mass is 10.1. The molecule has 15 heavy (non-hydrogen) atoms. The van der Waals surface area contributed by atoms with E-state index in [0.29, 0.717) is 11.6 Å². The van der Waals surface area contributed by atoms with Gasteiger partial charge in [0.1, 0.15) is 17.1 Å². The maximum Gasteiger partial charge on any atom is 0.142 e. The van der Waals surface area contributed by atoms with Crippen LogP contribution in [0.4, 0.5) is 0 Å². The monoisotopic (exact) mass is 225 g/mol. The van der Waals surface area contributed by atoms with Gasteiger partial charge in [-0.25, -0.2) is 9.97 Å². The standard InChI is InChI=1S/C10H12ClN3O/c1-6(15)2-3-7-4-12-10-8(7)9(11)13-5-14-10/h4-6,15H,2-3H2,1H3,(H,12,13,14)/t6-/m0/s1. The van der Waals surface area contributed by atoms with Crippen molar-refractivity contribution in [2.45, 2.75) is 25.9 Å². The van der Waals surface area contributed by atoms with E-state index < -0.39 is 0 Å². The second kappa shape index (κ2) is 4.16. The number of nitrogens with one attached hydrogen (secondary N) is 1. The Labute approximate surface area is 92.3 Å². The zero-order valence-corrected chi connectivity index (χ0v) is 9.12. The van der Waals surface area contributed by atoms with Gasteiger partial charge in [0.05, 0.1) is 11.5 Å². The van der Waals surface area contributed by atoms with E-state index in [9.17, 15) is 5.11 Å². The van der Waals surface area contributed by atoms with Crippen LogP contribution in [0.15, 0.2) is 12.5 Å². The molecular formula is C10H12ClN3O. The lowest BCUT2D eigenvalue weighted by Crippen LogP contribution is -2.01. The van der Waals surface area contributed by atoms with E-state index in [4.69, 9.17) is 11.6 Å². The number of aliphatic hydroxyl groups excluding tert-OH is 1. The van der Waals surface area contributed by atoms with Gasteiger partial charge in [0.15, 0.2) is 0 Å². The number of aryl methyl sites for hydroxylation is 1. The van der Waals surface area contributed by atoms with Crippen LogP contribution in [0.5, 0.6) is 0 Å². The Morgan fingerprint density at radius 2 is 2.33 bits per heavy atom. The Morgan fingerprint density at radius 1 is 1.53 bits per heavy atom. The minimum atomic E-state index is -0.307. The highest BCUT2D eigenvalue weighted by Crippen LogP contribution is 2.24. The molecule has 2 heterocycles. The molecule has 0 aliphatic heterocycles. The molecule has 0 spiro atoms. The first-order valence-corrected chi connectivity index (χ1v) is 5.21. The Hall–Kier alpha value is -1.13. The van der Waals surface area contributed by atoms with Gasteiger partial charge >= 0.3 is 0 Å². The molecule has 0 bridgehead atoms. The largest absolute Gasteiger partial charge is 0.393 e. The van der Waals surface area contributed by atoms with Gasteiger partial charge in [0.2, 0.25) is 0 Å². The van der Waals surface area contributed by atoms with Gasteiger partial charge in [-0.1, -0.05) is 11.6 Å². The number of hydrogen-bond donors (Lipinski definition) is 2. The topological polar surface area (TPSA) is 61.8 Å². The van der Waals surface area contributed by atoms with Crippen LogP contribution in [0.2, 0.25) is 5.15 Å². The van der Waals surface area contributed by atoms with Gasteiger partial charge in [-0.2, -0.15) is 0 Å². The van der Waals surface area contributed by atoms with Crippen molar-refractivity contribution < 1.29 is 5.11 Å². The predicted molar refractivity (Wildman–Crippen MR) is 58.9 cm³/mol. The van der Waals surface area contributed by atoms with Crippen LogP contribution in [-0.2, 0) is 6.42 Å². The first-order valence-electron chi connectivity index (χ1n) is 4.83. The van der Waals surface area contributed by atoms with Crippen LogP contribution in [0.25, 0.3) is 11.0 Å². The highest BCUT2D eigenvalue weighted by Gasteiger charge is 2.09. The maximum atomic E-state index is 9.22. The lowest BCUT2D eigenvalue weighted by Gasteiger charge is -2.02. The average Bonchev–Trinajstić information content (AvgIpc) is 2.59. The fraction of sp³-hybridized carbons (Fsp3) is 0.400. The molecule has 0 aliphatic rings. The van der Waals surface area contributed by atoms with Gasteiger partial charge in [0, 0.05) is 6.20 Å². The van der Waals surface area contributed by atoms with E-state index in [1.54, 1.807) is 6.92 Å². The summed E-state index contributed by atoms with van der Waals surface area (Å²) in [4.78, 5) is 11.1. The number of aromatic nitrogens is 3. The molecule has 0 aliphatic carbocycles. The van der Waals surface area contributed by atoms with Gasteiger partial charge < -0.3 is 10.1 Å². The summed E-state index contributed by atoms with van der Waals surface area (Å²) >= 11 is 5.99. The molecule has 80 valence electrons. The van der Waals surface area contributed by atoms with Crippen molar-refractivity contribution in [2.24, 2.45) is 0 Å². The molecular weight excluding hydrogens is 214 g/mol. The molecule has 0 fully saturated rings. The van der Waals surface area contributed by atoms with Crippen molar-refractivity contribution in [3.8, 4) is 0 Å². The Kier molecular flexibility index (Phi) is 2.88. The lowest BCUT2D eigenvalue weighted by molar-refractivity contribution is 0.185. The first kappa shape index (κ1) is 10.4. The van der Waals surface area contributed by atoms with E-state index in [0.717, 1.165) is 23.0 Å². The SMILES string of the molecule is C[C@H](O)CCc1c[nH]c2ncnc(Cl)c12. The molecule has 0 radical (unpaired) electrons. The molecule has 0 saturated carbocycles. The first-order chi connectivity index (χ1) is 7.18. The summed E-state index contributed by atoms with van der Waals surface area (Å²) in [6.07, 6.45) is 4.47. The molecule has 0 unspecified atom stereocenters. The summed E-state index contributed by atoms with van der Waals surface area (Å²) in [5.41, 5.74) is 1.80. The number of aliphatic hydroxyl groups is 1. The van der Waals surface area contributed by atoms with Crippen molar-refractivity contribution >= 4 is 22.6 Å². The van der Waals surface area contributed by atoms with Gasteiger partial charge in [0.25, 0.3) is 0 Å². The number of halogens is 1. The number of aromatic amines is 1. The van der Waals surface area contributed by atoms with E-state index >= 15 is 0 Å². The minimum Gasteiger partial charge on any atom is -0.393 e. The van der Waals surface area contributed by atoms with Crippen LogP contribution >= 0.6 is 11.6 Å². The van der Waals surface area contributed by atoms with Gasteiger partial charge in [-0.05, 0) is 25.3 Å². The van der Waals surface area contributed by atoms with Crippen molar-refractivity contribution in [2.75, 3.05) is 0 Å².